The topological polar surface area (TPSA) is 49.3 Å². The molecule has 1 atom stereocenters. The van der Waals surface area contributed by atoms with Crippen LogP contribution >= 0.6 is 15.9 Å². The second kappa shape index (κ2) is 7.14. The van der Waals surface area contributed by atoms with Gasteiger partial charge in [0.25, 0.3) is 5.91 Å². The minimum atomic E-state index is -4.42. The minimum Gasteiger partial charge on any atom is -0.387 e. The summed E-state index contributed by atoms with van der Waals surface area (Å²) in [6.45, 7) is -0.106. The average Bonchev–Trinajstić information content (AvgIpc) is 2.52. The molecule has 0 fully saturated rings. The molecule has 23 heavy (non-hydrogen) atoms. The van der Waals surface area contributed by atoms with Crippen molar-refractivity contribution in [1.29, 1.82) is 0 Å². The Hall–Kier alpha value is -1.86. The zero-order chi connectivity index (χ0) is 17.0. The van der Waals surface area contributed by atoms with Crippen LogP contribution < -0.4 is 5.32 Å². The van der Waals surface area contributed by atoms with E-state index in [0.29, 0.717) is 15.6 Å². The molecule has 0 aliphatic rings. The minimum absolute atomic E-state index is 0.106. The molecule has 122 valence electrons. The number of carbonyl (C=O) groups excluding carboxylic acids is 1. The van der Waals surface area contributed by atoms with Crippen LogP contribution in [0.5, 0.6) is 0 Å². The molecule has 3 nitrogen and oxygen atoms in total. The Balaban J connectivity index is 1.98. The number of amides is 1. The van der Waals surface area contributed by atoms with E-state index in [4.69, 9.17) is 0 Å². The van der Waals surface area contributed by atoms with Gasteiger partial charge in [0.05, 0.1) is 17.2 Å². The van der Waals surface area contributed by atoms with Crippen molar-refractivity contribution in [2.75, 3.05) is 6.54 Å². The lowest BCUT2D eigenvalue weighted by molar-refractivity contribution is -0.137. The molecule has 2 N–H and O–H groups in total. The fraction of sp³-hybridized carbons (Fsp3) is 0.188. The number of benzene rings is 2. The number of hydrogen-bond donors (Lipinski definition) is 2. The van der Waals surface area contributed by atoms with Crippen molar-refractivity contribution in [3.05, 3.63) is 69.7 Å². The summed E-state index contributed by atoms with van der Waals surface area (Å²) in [5, 5.41) is 12.5. The molecule has 7 heteroatoms. The van der Waals surface area contributed by atoms with Crippen LogP contribution in [0.15, 0.2) is 53.0 Å². The van der Waals surface area contributed by atoms with Crippen molar-refractivity contribution < 1.29 is 23.1 Å². The Kier molecular flexibility index (Phi) is 5.43. The van der Waals surface area contributed by atoms with Crippen LogP contribution in [0, 0.1) is 0 Å². The molecule has 2 aromatic carbocycles. The summed E-state index contributed by atoms with van der Waals surface area (Å²) in [7, 11) is 0. The van der Waals surface area contributed by atoms with Gasteiger partial charge in [-0.1, -0.05) is 24.3 Å². The highest BCUT2D eigenvalue weighted by molar-refractivity contribution is 9.10. The highest BCUT2D eigenvalue weighted by Crippen LogP contribution is 2.29. The van der Waals surface area contributed by atoms with E-state index >= 15 is 0 Å². The SMILES string of the molecule is O=C(NCC(O)c1ccc(C(F)(F)F)cc1)c1ccccc1Br. The maximum atomic E-state index is 12.5. The van der Waals surface area contributed by atoms with Crippen molar-refractivity contribution in [1.82, 2.24) is 5.32 Å². The largest absolute Gasteiger partial charge is 0.416 e. The third-order valence-corrected chi connectivity index (χ3v) is 3.89. The van der Waals surface area contributed by atoms with E-state index in [9.17, 15) is 23.1 Å². The lowest BCUT2D eigenvalue weighted by Gasteiger charge is -2.14. The van der Waals surface area contributed by atoms with E-state index in [0.717, 1.165) is 12.1 Å². The second-order valence-electron chi connectivity index (χ2n) is 4.83. The predicted molar refractivity (Wildman–Crippen MR) is 82.9 cm³/mol. The Morgan fingerprint density at radius 2 is 1.74 bits per heavy atom. The molecular weight excluding hydrogens is 375 g/mol. The highest BCUT2D eigenvalue weighted by atomic mass is 79.9. The van der Waals surface area contributed by atoms with Gasteiger partial charge in [0.15, 0.2) is 0 Å². The Morgan fingerprint density at radius 1 is 1.13 bits per heavy atom. The second-order valence-corrected chi connectivity index (χ2v) is 5.68. The third kappa shape index (κ3) is 4.56. The molecule has 0 aliphatic carbocycles. The number of carbonyl (C=O) groups is 1. The van der Waals surface area contributed by atoms with Crippen LogP contribution in [0.1, 0.15) is 27.6 Å². The number of hydrogen-bond acceptors (Lipinski definition) is 2. The van der Waals surface area contributed by atoms with E-state index in [1.165, 1.54) is 12.1 Å². The van der Waals surface area contributed by atoms with Crippen molar-refractivity contribution in [3.63, 3.8) is 0 Å². The van der Waals surface area contributed by atoms with Crippen LogP contribution in [0.25, 0.3) is 0 Å². The number of halogens is 4. The van der Waals surface area contributed by atoms with Crippen LogP contribution in [0.2, 0.25) is 0 Å². The van der Waals surface area contributed by atoms with E-state index in [-0.39, 0.29) is 12.5 Å². The lowest BCUT2D eigenvalue weighted by atomic mass is 10.1. The lowest BCUT2D eigenvalue weighted by Crippen LogP contribution is -2.28. The zero-order valence-corrected chi connectivity index (χ0v) is 13.4. The molecule has 0 spiro atoms. The van der Waals surface area contributed by atoms with Crippen LogP contribution in [-0.4, -0.2) is 17.6 Å². The molecule has 0 aromatic heterocycles. The number of alkyl halides is 3. The molecule has 0 radical (unpaired) electrons. The van der Waals surface area contributed by atoms with Crippen molar-refractivity contribution in [2.45, 2.75) is 12.3 Å². The predicted octanol–water partition coefficient (Wildman–Crippen LogP) is 3.93. The van der Waals surface area contributed by atoms with Crippen LogP contribution in [-0.2, 0) is 6.18 Å². The van der Waals surface area contributed by atoms with Crippen LogP contribution in [0.3, 0.4) is 0 Å². The van der Waals surface area contributed by atoms with Gasteiger partial charge in [-0.2, -0.15) is 13.2 Å². The summed E-state index contributed by atoms with van der Waals surface area (Å²) < 4.78 is 38.0. The molecule has 0 bridgehead atoms. The molecule has 0 saturated carbocycles. The summed E-state index contributed by atoms with van der Waals surface area (Å²) in [4.78, 5) is 12.0. The average molecular weight is 388 g/mol. The molecule has 2 rings (SSSR count). The van der Waals surface area contributed by atoms with E-state index < -0.39 is 17.8 Å². The molecule has 1 amide bonds. The molecular formula is C16H13BrF3NO2. The quantitative estimate of drug-likeness (QED) is 0.834. The first kappa shape index (κ1) is 17.5. The van der Waals surface area contributed by atoms with E-state index in [2.05, 4.69) is 21.2 Å². The summed E-state index contributed by atoms with van der Waals surface area (Å²) >= 11 is 3.25. The number of aliphatic hydroxyl groups is 1. The Bertz CT molecular complexity index is 686. The maximum absolute atomic E-state index is 12.5. The Labute approximate surface area is 139 Å². The zero-order valence-electron chi connectivity index (χ0n) is 11.8. The Morgan fingerprint density at radius 3 is 2.30 bits per heavy atom. The highest BCUT2D eigenvalue weighted by Gasteiger charge is 2.30. The van der Waals surface area contributed by atoms with E-state index in [1.807, 2.05) is 0 Å². The molecule has 1 unspecified atom stereocenters. The normalized spacial score (nSPS) is 12.7. The van der Waals surface area contributed by atoms with Gasteiger partial charge in [-0.3, -0.25) is 4.79 Å². The fourth-order valence-electron chi connectivity index (χ4n) is 1.94. The van der Waals surface area contributed by atoms with Crippen molar-refractivity contribution in [2.24, 2.45) is 0 Å². The molecule has 0 aliphatic heterocycles. The first-order chi connectivity index (χ1) is 10.8. The molecule has 0 saturated heterocycles. The van der Waals surface area contributed by atoms with Crippen molar-refractivity contribution >= 4 is 21.8 Å². The van der Waals surface area contributed by atoms with Gasteiger partial charge in [0, 0.05) is 11.0 Å². The van der Waals surface area contributed by atoms with Gasteiger partial charge < -0.3 is 10.4 Å². The van der Waals surface area contributed by atoms with Gasteiger partial charge in [0.2, 0.25) is 0 Å². The van der Waals surface area contributed by atoms with Crippen LogP contribution in [0.4, 0.5) is 13.2 Å². The maximum Gasteiger partial charge on any atom is 0.416 e. The van der Waals surface area contributed by atoms with Gasteiger partial charge >= 0.3 is 6.18 Å². The number of nitrogens with one attached hydrogen (secondary N) is 1. The monoisotopic (exact) mass is 387 g/mol. The van der Waals surface area contributed by atoms with Gasteiger partial charge in [-0.15, -0.1) is 0 Å². The van der Waals surface area contributed by atoms with E-state index in [1.54, 1.807) is 24.3 Å². The van der Waals surface area contributed by atoms with Gasteiger partial charge in [0.1, 0.15) is 0 Å². The summed E-state index contributed by atoms with van der Waals surface area (Å²) in [5.74, 6) is -0.386. The third-order valence-electron chi connectivity index (χ3n) is 3.20. The molecule has 2 aromatic rings. The number of aliphatic hydroxyl groups excluding tert-OH is 1. The fourth-order valence-corrected chi connectivity index (χ4v) is 2.41. The van der Waals surface area contributed by atoms with Crippen molar-refractivity contribution in [3.8, 4) is 0 Å². The number of rotatable bonds is 4. The molecule has 0 heterocycles. The van der Waals surface area contributed by atoms with Gasteiger partial charge in [-0.05, 0) is 45.8 Å². The smallest absolute Gasteiger partial charge is 0.387 e. The summed E-state index contributed by atoms with van der Waals surface area (Å²) in [6.07, 6.45) is -5.51. The summed E-state index contributed by atoms with van der Waals surface area (Å²) in [5.41, 5.74) is -0.0803. The summed E-state index contributed by atoms with van der Waals surface area (Å²) in [6, 6.07) is 11.0. The first-order valence-electron chi connectivity index (χ1n) is 6.67. The standard InChI is InChI=1S/C16H13BrF3NO2/c17-13-4-2-1-3-12(13)15(23)21-9-14(22)10-5-7-11(8-6-10)16(18,19)20/h1-8,14,22H,9H2,(H,21,23). The first-order valence-corrected chi connectivity index (χ1v) is 7.46. The van der Waals surface area contributed by atoms with Gasteiger partial charge in [-0.25, -0.2) is 0 Å².